The average molecular weight is 495 g/mol. The molecule has 0 bridgehead atoms. The lowest BCUT2D eigenvalue weighted by Crippen LogP contribution is -2.38. The minimum absolute atomic E-state index is 0.0277. The smallest absolute Gasteiger partial charge is 0.295 e. The molecule has 36 heavy (non-hydrogen) atoms. The van der Waals surface area contributed by atoms with Crippen LogP contribution in [0.5, 0.6) is 11.5 Å². The zero-order chi connectivity index (χ0) is 26.2. The van der Waals surface area contributed by atoms with Crippen LogP contribution in [0, 0.1) is 0 Å². The fourth-order valence-electron chi connectivity index (χ4n) is 4.38. The first-order chi connectivity index (χ1) is 17.3. The molecule has 1 N–H and O–H groups in total. The van der Waals surface area contributed by atoms with Gasteiger partial charge in [0.25, 0.3) is 11.7 Å². The van der Waals surface area contributed by atoms with Crippen molar-refractivity contribution in [2.24, 2.45) is 0 Å². The second kappa shape index (κ2) is 12.6. The third-order valence-corrected chi connectivity index (χ3v) is 6.22. The molecule has 1 saturated heterocycles. The number of aliphatic hydroxyl groups is 1. The van der Waals surface area contributed by atoms with Crippen LogP contribution in [0.2, 0.25) is 0 Å². The zero-order valence-corrected chi connectivity index (χ0v) is 22.0. The van der Waals surface area contributed by atoms with Gasteiger partial charge in [0.05, 0.1) is 24.3 Å². The lowest BCUT2D eigenvalue weighted by atomic mass is 9.95. The number of rotatable bonds is 12. The van der Waals surface area contributed by atoms with Crippen molar-refractivity contribution in [2.45, 2.75) is 53.2 Å². The molecule has 0 aromatic heterocycles. The molecule has 0 aliphatic carbocycles. The minimum atomic E-state index is -0.725. The largest absolute Gasteiger partial charge is 0.507 e. The normalized spacial score (nSPS) is 17.3. The molecule has 194 valence electrons. The summed E-state index contributed by atoms with van der Waals surface area (Å²) in [5, 5.41) is 11.4. The molecule has 0 radical (unpaired) electrons. The number of Topliss-reactive ketones (excluding diaryl/α,β-unsaturated/α-hetero) is 1. The van der Waals surface area contributed by atoms with Crippen molar-refractivity contribution in [3.05, 3.63) is 65.2 Å². The molecule has 1 fully saturated rings. The van der Waals surface area contributed by atoms with E-state index in [9.17, 15) is 14.7 Å². The van der Waals surface area contributed by atoms with Gasteiger partial charge in [0, 0.05) is 18.7 Å². The van der Waals surface area contributed by atoms with Crippen molar-refractivity contribution in [2.75, 3.05) is 32.8 Å². The molecule has 1 atom stereocenters. The maximum atomic E-state index is 13.3. The van der Waals surface area contributed by atoms with E-state index in [1.807, 2.05) is 45.0 Å². The van der Waals surface area contributed by atoms with E-state index < -0.39 is 17.7 Å². The summed E-state index contributed by atoms with van der Waals surface area (Å²) in [4.78, 5) is 30.3. The predicted molar refractivity (Wildman–Crippen MR) is 141 cm³/mol. The molecular weight excluding hydrogens is 456 g/mol. The SMILES string of the molecule is CCCOc1cccc(/C(O)=C2/C(=O)C(=O)N(CCN(CC)CC)C2c2cccc(OC(C)C)c2)c1. The second-order valence-corrected chi connectivity index (χ2v) is 9.13. The van der Waals surface area contributed by atoms with Crippen molar-refractivity contribution in [1.29, 1.82) is 0 Å². The number of likely N-dealkylation sites (tertiary alicyclic amines) is 1. The van der Waals surface area contributed by atoms with Gasteiger partial charge in [-0.1, -0.05) is 45.0 Å². The van der Waals surface area contributed by atoms with Crippen molar-refractivity contribution in [3.63, 3.8) is 0 Å². The Balaban J connectivity index is 2.10. The molecule has 1 heterocycles. The Kier molecular flexibility index (Phi) is 9.53. The van der Waals surface area contributed by atoms with Gasteiger partial charge in [-0.05, 0) is 63.2 Å². The highest BCUT2D eigenvalue weighted by Crippen LogP contribution is 2.40. The standard InChI is InChI=1S/C29H38N2O5/c1-6-17-35-23-13-10-12-22(19-23)27(32)25-26(21-11-9-14-24(18-21)36-20(4)5)31(29(34)28(25)33)16-15-30(7-2)8-3/h9-14,18-20,26,32H,6-8,15-17H2,1-5H3/b27-25-. The van der Waals surface area contributed by atoms with Crippen LogP contribution in [0.4, 0.5) is 0 Å². The Labute approximate surface area is 214 Å². The monoisotopic (exact) mass is 494 g/mol. The average Bonchev–Trinajstić information content (AvgIpc) is 3.12. The highest BCUT2D eigenvalue weighted by atomic mass is 16.5. The maximum Gasteiger partial charge on any atom is 0.295 e. The van der Waals surface area contributed by atoms with Crippen LogP contribution in [0.25, 0.3) is 5.76 Å². The summed E-state index contributed by atoms with van der Waals surface area (Å²) in [5.41, 5.74) is 1.23. The minimum Gasteiger partial charge on any atom is -0.507 e. The Morgan fingerprint density at radius 2 is 1.72 bits per heavy atom. The Hall–Kier alpha value is -3.32. The Morgan fingerprint density at radius 3 is 2.39 bits per heavy atom. The van der Waals surface area contributed by atoms with Crippen LogP contribution in [0.3, 0.4) is 0 Å². The predicted octanol–water partition coefficient (Wildman–Crippen LogP) is 5.03. The number of likely N-dealkylation sites (N-methyl/N-ethyl adjacent to an activating group) is 1. The summed E-state index contributed by atoms with van der Waals surface area (Å²) in [6.45, 7) is 13.2. The van der Waals surface area contributed by atoms with Gasteiger partial charge in [0.2, 0.25) is 0 Å². The highest BCUT2D eigenvalue weighted by molar-refractivity contribution is 6.46. The van der Waals surface area contributed by atoms with Crippen LogP contribution in [0.1, 0.15) is 58.2 Å². The molecule has 1 unspecified atom stereocenters. The lowest BCUT2D eigenvalue weighted by Gasteiger charge is -2.28. The second-order valence-electron chi connectivity index (χ2n) is 9.13. The number of aliphatic hydroxyl groups excluding tert-OH is 1. The van der Waals surface area contributed by atoms with Gasteiger partial charge in [-0.25, -0.2) is 0 Å². The number of ether oxygens (including phenoxy) is 2. The Bertz CT molecular complexity index is 1090. The molecule has 2 aromatic rings. The van der Waals surface area contributed by atoms with Crippen molar-refractivity contribution in [1.82, 2.24) is 9.80 Å². The van der Waals surface area contributed by atoms with E-state index in [0.29, 0.717) is 42.3 Å². The topological polar surface area (TPSA) is 79.3 Å². The number of carbonyl (C=O) groups is 2. The molecule has 3 rings (SSSR count). The third kappa shape index (κ3) is 6.26. The number of carbonyl (C=O) groups excluding carboxylic acids is 2. The maximum absolute atomic E-state index is 13.3. The van der Waals surface area contributed by atoms with E-state index >= 15 is 0 Å². The summed E-state index contributed by atoms with van der Waals surface area (Å²) in [7, 11) is 0. The summed E-state index contributed by atoms with van der Waals surface area (Å²) >= 11 is 0. The summed E-state index contributed by atoms with van der Waals surface area (Å²) in [6.07, 6.45) is 0.822. The van der Waals surface area contributed by atoms with Gasteiger partial charge in [-0.3, -0.25) is 9.59 Å². The van der Waals surface area contributed by atoms with Crippen LogP contribution in [-0.4, -0.2) is 65.5 Å². The molecule has 1 aliphatic rings. The van der Waals surface area contributed by atoms with E-state index in [2.05, 4.69) is 18.7 Å². The molecular formula is C29H38N2O5. The van der Waals surface area contributed by atoms with Crippen LogP contribution < -0.4 is 9.47 Å². The van der Waals surface area contributed by atoms with Gasteiger partial charge in [-0.2, -0.15) is 0 Å². The van der Waals surface area contributed by atoms with Crippen molar-refractivity contribution >= 4 is 17.4 Å². The number of benzene rings is 2. The first-order valence-corrected chi connectivity index (χ1v) is 12.8. The van der Waals surface area contributed by atoms with Gasteiger partial charge < -0.3 is 24.4 Å². The highest BCUT2D eigenvalue weighted by Gasteiger charge is 2.46. The van der Waals surface area contributed by atoms with E-state index in [4.69, 9.17) is 9.47 Å². The van der Waals surface area contributed by atoms with Gasteiger partial charge in [-0.15, -0.1) is 0 Å². The van der Waals surface area contributed by atoms with Gasteiger partial charge >= 0.3 is 0 Å². The molecule has 2 aromatic carbocycles. The molecule has 1 aliphatic heterocycles. The molecule has 1 amide bonds. The molecule has 0 spiro atoms. The Morgan fingerprint density at radius 1 is 1.03 bits per heavy atom. The van der Waals surface area contributed by atoms with Gasteiger partial charge in [0.15, 0.2) is 0 Å². The number of nitrogens with zero attached hydrogens (tertiary/aromatic N) is 2. The fourth-order valence-corrected chi connectivity index (χ4v) is 4.38. The molecule has 0 saturated carbocycles. The third-order valence-electron chi connectivity index (χ3n) is 6.22. The molecule has 7 heteroatoms. The number of ketones is 1. The van der Waals surface area contributed by atoms with E-state index in [1.54, 1.807) is 29.2 Å². The summed E-state index contributed by atoms with van der Waals surface area (Å²) in [5.74, 6) is -0.262. The zero-order valence-electron chi connectivity index (χ0n) is 22.0. The number of amides is 1. The van der Waals surface area contributed by atoms with Crippen LogP contribution in [0.15, 0.2) is 54.1 Å². The fraction of sp³-hybridized carbons (Fsp3) is 0.448. The van der Waals surface area contributed by atoms with Crippen LogP contribution in [-0.2, 0) is 9.59 Å². The number of hydrogen-bond acceptors (Lipinski definition) is 6. The van der Waals surface area contributed by atoms with Crippen molar-refractivity contribution in [3.8, 4) is 11.5 Å². The van der Waals surface area contributed by atoms with Crippen LogP contribution >= 0.6 is 0 Å². The van der Waals surface area contributed by atoms with Crippen molar-refractivity contribution < 1.29 is 24.2 Å². The lowest BCUT2D eigenvalue weighted by molar-refractivity contribution is -0.140. The first-order valence-electron chi connectivity index (χ1n) is 12.8. The molecule has 7 nitrogen and oxygen atoms in total. The number of hydrogen-bond donors (Lipinski definition) is 1. The van der Waals surface area contributed by atoms with E-state index in [1.165, 1.54) is 0 Å². The summed E-state index contributed by atoms with van der Waals surface area (Å²) < 4.78 is 11.6. The quantitative estimate of drug-likeness (QED) is 0.253. The first kappa shape index (κ1) is 27.3. The van der Waals surface area contributed by atoms with E-state index in [0.717, 1.165) is 19.5 Å². The van der Waals surface area contributed by atoms with Gasteiger partial charge in [0.1, 0.15) is 17.3 Å². The summed E-state index contributed by atoms with van der Waals surface area (Å²) in [6, 6.07) is 13.7. The van der Waals surface area contributed by atoms with E-state index in [-0.39, 0.29) is 17.4 Å².